The van der Waals surface area contributed by atoms with E-state index < -0.39 is 17.4 Å². The maximum Gasteiger partial charge on any atom is 0.418 e. The summed E-state index contributed by atoms with van der Waals surface area (Å²) in [6.07, 6.45) is -2.08. The molecule has 2 heterocycles. The van der Waals surface area contributed by atoms with Gasteiger partial charge in [0.2, 0.25) is 5.89 Å². The lowest BCUT2D eigenvalue weighted by atomic mass is 10.1. The molecule has 1 aromatic carbocycles. The quantitative estimate of drug-likeness (QED) is 0.773. The second-order valence-electron chi connectivity index (χ2n) is 4.44. The molecule has 0 saturated carbocycles. The zero-order valence-corrected chi connectivity index (χ0v) is 11.0. The summed E-state index contributed by atoms with van der Waals surface area (Å²) in [7, 11) is 0. The first kappa shape index (κ1) is 14.1. The summed E-state index contributed by atoms with van der Waals surface area (Å²) in [4.78, 5) is 7.54. The van der Waals surface area contributed by atoms with Gasteiger partial charge in [0.1, 0.15) is 11.4 Å². The molecule has 0 aliphatic carbocycles. The van der Waals surface area contributed by atoms with Crippen molar-refractivity contribution in [2.45, 2.75) is 6.18 Å². The van der Waals surface area contributed by atoms with E-state index in [1.165, 1.54) is 24.5 Å². The monoisotopic (exact) mass is 306 g/mol. The Morgan fingerprint density at radius 2 is 1.77 bits per heavy atom. The van der Waals surface area contributed by atoms with Gasteiger partial charge >= 0.3 is 6.18 Å². The highest BCUT2D eigenvalue weighted by atomic mass is 19.4. The number of phenolic OH excluding ortho intramolecular Hbond substituents is 1. The van der Waals surface area contributed by atoms with E-state index in [-0.39, 0.29) is 17.4 Å². The fraction of sp³-hybridized carbons (Fsp3) is 0.0667. The number of halogens is 3. The summed E-state index contributed by atoms with van der Waals surface area (Å²) < 4.78 is 44.3. The van der Waals surface area contributed by atoms with E-state index in [1.54, 1.807) is 18.2 Å². The normalized spacial score (nSPS) is 11.6. The van der Waals surface area contributed by atoms with Gasteiger partial charge in [-0.15, -0.1) is 0 Å². The Morgan fingerprint density at radius 1 is 1.00 bits per heavy atom. The maximum absolute atomic E-state index is 13.0. The highest BCUT2D eigenvalue weighted by molar-refractivity contribution is 5.66. The number of hydrogen-bond donors (Lipinski definition) is 1. The van der Waals surface area contributed by atoms with Crippen LogP contribution in [0.1, 0.15) is 5.56 Å². The number of hydrogen-bond acceptors (Lipinski definition) is 4. The van der Waals surface area contributed by atoms with Gasteiger partial charge in [0.15, 0.2) is 5.76 Å². The molecule has 0 aliphatic rings. The van der Waals surface area contributed by atoms with Crippen LogP contribution in [0.15, 0.2) is 53.2 Å². The first-order valence-electron chi connectivity index (χ1n) is 6.23. The Balaban J connectivity index is 2.08. The number of benzene rings is 1. The topological polar surface area (TPSA) is 59.2 Å². The second-order valence-corrected chi connectivity index (χ2v) is 4.44. The van der Waals surface area contributed by atoms with Crippen molar-refractivity contribution in [3.05, 3.63) is 54.4 Å². The first-order chi connectivity index (χ1) is 10.5. The summed E-state index contributed by atoms with van der Waals surface area (Å²) in [6, 6.07) is 8.41. The number of phenols is 1. The van der Waals surface area contributed by atoms with Crippen LogP contribution in [0, 0.1) is 0 Å². The third-order valence-electron chi connectivity index (χ3n) is 2.99. The molecule has 0 radical (unpaired) electrons. The largest absolute Gasteiger partial charge is 0.507 e. The summed E-state index contributed by atoms with van der Waals surface area (Å²) >= 11 is 0. The highest BCUT2D eigenvalue weighted by Crippen LogP contribution is 2.37. The van der Waals surface area contributed by atoms with Gasteiger partial charge < -0.3 is 9.52 Å². The maximum atomic E-state index is 13.0. The first-order valence-corrected chi connectivity index (χ1v) is 6.23. The van der Waals surface area contributed by atoms with Gasteiger partial charge in [-0.1, -0.05) is 12.1 Å². The van der Waals surface area contributed by atoms with Crippen molar-refractivity contribution in [3.8, 4) is 28.7 Å². The Morgan fingerprint density at radius 3 is 2.50 bits per heavy atom. The van der Waals surface area contributed by atoms with Crippen LogP contribution in [0.3, 0.4) is 0 Å². The zero-order valence-electron chi connectivity index (χ0n) is 11.0. The SMILES string of the molecule is Oc1ccccc1-c1cnc(-c2ncccc2C(F)(F)F)o1. The van der Waals surface area contributed by atoms with Crippen LogP contribution in [0.2, 0.25) is 0 Å². The van der Waals surface area contributed by atoms with Crippen molar-refractivity contribution in [3.63, 3.8) is 0 Å². The number of oxazole rings is 1. The van der Waals surface area contributed by atoms with Gasteiger partial charge in [-0.05, 0) is 24.3 Å². The summed E-state index contributed by atoms with van der Waals surface area (Å²) in [6.45, 7) is 0. The summed E-state index contributed by atoms with van der Waals surface area (Å²) in [5.74, 6) is -0.152. The average molecular weight is 306 g/mol. The van der Waals surface area contributed by atoms with Crippen LogP contribution in [0.5, 0.6) is 5.75 Å². The Hall–Kier alpha value is -2.83. The number of alkyl halides is 3. The minimum atomic E-state index is -4.56. The fourth-order valence-electron chi connectivity index (χ4n) is 1.99. The van der Waals surface area contributed by atoms with Crippen molar-refractivity contribution in [1.29, 1.82) is 0 Å². The number of rotatable bonds is 2. The third-order valence-corrected chi connectivity index (χ3v) is 2.99. The van der Waals surface area contributed by atoms with Gasteiger partial charge in [0.05, 0.1) is 17.3 Å². The minimum absolute atomic E-state index is 0.0535. The van der Waals surface area contributed by atoms with Crippen LogP contribution in [0.4, 0.5) is 13.2 Å². The molecule has 7 heteroatoms. The van der Waals surface area contributed by atoms with Crippen LogP contribution >= 0.6 is 0 Å². The van der Waals surface area contributed by atoms with Crippen molar-refractivity contribution in [2.24, 2.45) is 0 Å². The van der Waals surface area contributed by atoms with Crippen molar-refractivity contribution in [2.75, 3.05) is 0 Å². The number of aromatic hydroxyl groups is 1. The smallest absolute Gasteiger partial charge is 0.418 e. The van der Waals surface area contributed by atoms with E-state index in [1.807, 2.05) is 0 Å². The average Bonchev–Trinajstić information content (AvgIpc) is 2.96. The minimum Gasteiger partial charge on any atom is -0.507 e. The van der Waals surface area contributed by atoms with E-state index in [0.717, 1.165) is 6.07 Å². The van der Waals surface area contributed by atoms with Crippen LogP contribution in [-0.2, 0) is 6.18 Å². The number of pyridine rings is 1. The summed E-state index contributed by atoms with van der Waals surface area (Å²) in [5.41, 5.74) is -0.983. The molecule has 4 nitrogen and oxygen atoms in total. The molecule has 0 unspecified atom stereocenters. The van der Waals surface area contributed by atoms with E-state index in [4.69, 9.17) is 4.42 Å². The second kappa shape index (κ2) is 5.18. The molecule has 1 N–H and O–H groups in total. The zero-order chi connectivity index (χ0) is 15.7. The number of para-hydroxylation sites is 1. The molecule has 0 amide bonds. The van der Waals surface area contributed by atoms with E-state index in [0.29, 0.717) is 5.56 Å². The highest BCUT2D eigenvalue weighted by Gasteiger charge is 2.35. The van der Waals surface area contributed by atoms with Gasteiger partial charge in [-0.25, -0.2) is 4.98 Å². The van der Waals surface area contributed by atoms with Crippen LogP contribution < -0.4 is 0 Å². The van der Waals surface area contributed by atoms with Crippen LogP contribution in [-0.4, -0.2) is 15.1 Å². The molecule has 3 rings (SSSR count). The van der Waals surface area contributed by atoms with Gasteiger partial charge in [0.25, 0.3) is 0 Å². The molecular formula is C15H9F3N2O2. The number of nitrogens with zero attached hydrogens (tertiary/aromatic N) is 2. The molecule has 0 bridgehead atoms. The Kier molecular flexibility index (Phi) is 3.32. The molecule has 112 valence electrons. The molecule has 0 fully saturated rings. The van der Waals surface area contributed by atoms with Crippen molar-refractivity contribution in [1.82, 2.24) is 9.97 Å². The van der Waals surface area contributed by atoms with Gasteiger partial charge in [0, 0.05) is 6.20 Å². The van der Waals surface area contributed by atoms with E-state index in [2.05, 4.69) is 9.97 Å². The lowest BCUT2D eigenvalue weighted by Crippen LogP contribution is -2.08. The van der Waals surface area contributed by atoms with Gasteiger partial charge in [-0.3, -0.25) is 4.98 Å². The molecule has 0 spiro atoms. The van der Waals surface area contributed by atoms with E-state index in [9.17, 15) is 18.3 Å². The van der Waals surface area contributed by atoms with E-state index >= 15 is 0 Å². The lowest BCUT2D eigenvalue weighted by Gasteiger charge is -2.08. The predicted molar refractivity (Wildman–Crippen MR) is 71.8 cm³/mol. The summed E-state index contributed by atoms with van der Waals surface area (Å²) in [5, 5.41) is 9.74. The Labute approximate surface area is 122 Å². The molecular weight excluding hydrogens is 297 g/mol. The van der Waals surface area contributed by atoms with Gasteiger partial charge in [-0.2, -0.15) is 13.2 Å². The molecule has 22 heavy (non-hydrogen) atoms. The fourth-order valence-corrected chi connectivity index (χ4v) is 1.99. The predicted octanol–water partition coefficient (Wildman–Crippen LogP) is 4.13. The standard InChI is InChI=1S/C15H9F3N2O2/c16-15(17,18)10-5-3-7-19-13(10)14-20-8-12(22-14)9-4-1-2-6-11(9)21/h1-8,21H. The Bertz CT molecular complexity index is 812. The molecule has 0 atom stereocenters. The lowest BCUT2D eigenvalue weighted by molar-refractivity contribution is -0.137. The molecule has 3 aromatic rings. The van der Waals surface area contributed by atoms with Crippen LogP contribution in [0.25, 0.3) is 22.9 Å². The molecule has 0 saturated heterocycles. The van der Waals surface area contributed by atoms with Crippen molar-refractivity contribution >= 4 is 0 Å². The third kappa shape index (κ3) is 2.52. The molecule has 0 aliphatic heterocycles. The number of aromatic nitrogens is 2. The van der Waals surface area contributed by atoms with Crippen molar-refractivity contribution < 1.29 is 22.7 Å². The molecule has 2 aromatic heterocycles.